The number of oxime groups is 1. The number of hydrogen-bond donors (Lipinski definition) is 1. The Kier molecular flexibility index (Phi) is 5.65. The van der Waals surface area contributed by atoms with Crippen molar-refractivity contribution >= 4 is 5.71 Å². The Morgan fingerprint density at radius 3 is 2.60 bits per heavy atom. The Morgan fingerprint density at radius 2 is 2.07 bits per heavy atom. The van der Waals surface area contributed by atoms with Crippen LogP contribution in [0.3, 0.4) is 0 Å². The van der Waals surface area contributed by atoms with Crippen molar-refractivity contribution in [3.05, 3.63) is 0 Å². The molecule has 0 unspecified atom stereocenters. The first kappa shape index (κ1) is 12.5. The second-order valence-corrected chi connectivity index (χ2v) is 4.39. The van der Waals surface area contributed by atoms with E-state index >= 15 is 0 Å². The Morgan fingerprint density at radius 1 is 1.40 bits per heavy atom. The van der Waals surface area contributed by atoms with E-state index in [4.69, 9.17) is 9.94 Å². The van der Waals surface area contributed by atoms with Crippen LogP contribution in [-0.2, 0) is 4.74 Å². The average Bonchev–Trinajstić information content (AvgIpc) is 2.25. The molecule has 0 aliphatic heterocycles. The van der Waals surface area contributed by atoms with E-state index in [1.54, 1.807) is 0 Å². The molecule has 1 rings (SSSR count). The molecule has 0 atom stereocenters. The summed E-state index contributed by atoms with van der Waals surface area (Å²) in [6.07, 6.45) is 5.23. The molecule has 0 radical (unpaired) electrons. The summed E-state index contributed by atoms with van der Waals surface area (Å²) >= 11 is 0. The van der Waals surface area contributed by atoms with Crippen LogP contribution in [0.5, 0.6) is 0 Å². The summed E-state index contributed by atoms with van der Waals surface area (Å²) in [5, 5.41) is 11.9. The molecule has 1 N–H and O–H groups in total. The maximum absolute atomic E-state index is 8.59. The molecule has 88 valence electrons. The topological polar surface area (TPSA) is 45.1 Å². The summed E-state index contributed by atoms with van der Waals surface area (Å²) in [6, 6.07) is 0. The SMILES string of the molecule is CN(C)CCCOC1CCC(=NO)CC1. The van der Waals surface area contributed by atoms with Gasteiger partial charge in [-0.3, -0.25) is 0 Å². The van der Waals surface area contributed by atoms with E-state index in [0.29, 0.717) is 6.10 Å². The molecule has 0 saturated heterocycles. The fraction of sp³-hybridized carbons (Fsp3) is 0.909. The van der Waals surface area contributed by atoms with Gasteiger partial charge in [-0.15, -0.1) is 0 Å². The van der Waals surface area contributed by atoms with E-state index in [1.807, 2.05) is 0 Å². The first-order valence-corrected chi connectivity index (χ1v) is 5.68. The number of ether oxygens (including phenoxy) is 1. The normalized spacial score (nSPS) is 22.1. The molecule has 0 heterocycles. The monoisotopic (exact) mass is 214 g/mol. The predicted octanol–water partition coefficient (Wildman–Crippen LogP) is 1.73. The minimum Gasteiger partial charge on any atom is -0.411 e. The maximum Gasteiger partial charge on any atom is 0.0582 e. The molecule has 0 amide bonds. The molecule has 0 bridgehead atoms. The van der Waals surface area contributed by atoms with Gasteiger partial charge in [0, 0.05) is 6.61 Å². The van der Waals surface area contributed by atoms with Crippen LogP contribution in [-0.4, -0.2) is 49.2 Å². The molecule has 0 aromatic carbocycles. The highest BCUT2D eigenvalue weighted by molar-refractivity contribution is 5.84. The van der Waals surface area contributed by atoms with Crippen molar-refractivity contribution in [3.8, 4) is 0 Å². The molecule has 1 fully saturated rings. The highest BCUT2D eigenvalue weighted by atomic mass is 16.5. The Bertz CT molecular complexity index is 195. The van der Waals surface area contributed by atoms with Crippen LogP contribution in [0.4, 0.5) is 0 Å². The molecule has 1 aliphatic carbocycles. The van der Waals surface area contributed by atoms with E-state index < -0.39 is 0 Å². The first-order chi connectivity index (χ1) is 7.22. The van der Waals surface area contributed by atoms with Gasteiger partial charge in [0.05, 0.1) is 11.8 Å². The van der Waals surface area contributed by atoms with E-state index in [-0.39, 0.29) is 0 Å². The standard InChI is InChI=1S/C11H22N2O2/c1-13(2)8-3-9-15-11-6-4-10(12-14)5-7-11/h11,14H,3-9H2,1-2H3. The van der Waals surface area contributed by atoms with Crippen molar-refractivity contribution in [1.82, 2.24) is 4.90 Å². The third kappa shape index (κ3) is 5.14. The van der Waals surface area contributed by atoms with Crippen molar-refractivity contribution < 1.29 is 9.94 Å². The van der Waals surface area contributed by atoms with Crippen LogP contribution in [0.2, 0.25) is 0 Å². The third-order valence-electron chi connectivity index (χ3n) is 2.75. The molecular weight excluding hydrogens is 192 g/mol. The number of hydrogen-bond acceptors (Lipinski definition) is 4. The van der Waals surface area contributed by atoms with Gasteiger partial charge in [0.15, 0.2) is 0 Å². The highest BCUT2D eigenvalue weighted by Crippen LogP contribution is 2.18. The summed E-state index contributed by atoms with van der Waals surface area (Å²) in [7, 11) is 4.15. The third-order valence-corrected chi connectivity index (χ3v) is 2.75. The Hall–Kier alpha value is -0.610. The first-order valence-electron chi connectivity index (χ1n) is 5.68. The van der Waals surface area contributed by atoms with Crippen LogP contribution < -0.4 is 0 Å². The molecule has 0 aromatic rings. The van der Waals surface area contributed by atoms with E-state index in [1.165, 1.54) is 0 Å². The molecule has 1 saturated carbocycles. The lowest BCUT2D eigenvalue weighted by atomic mass is 9.96. The minimum atomic E-state index is 0.373. The van der Waals surface area contributed by atoms with E-state index in [2.05, 4.69) is 24.2 Å². The predicted molar refractivity (Wildman–Crippen MR) is 60.6 cm³/mol. The van der Waals surface area contributed by atoms with Gasteiger partial charge in [-0.2, -0.15) is 0 Å². The van der Waals surface area contributed by atoms with Crippen LogP contribution in [0, 0.1) is 0 Å². The zero-order valence-corrected chi connectivity index (χ0v) is 9.78. The van der Waals surface area contributed by atoms with Gasteiger partial charge in [0.1, 0.15) is 0 Å². The van der Waals surface area contributed by atoms with Crippen LogP contribution >= 0.6 is 0 Å². The molecule has 0 spiro atoms. The number of nitrogens with zero attached hydrogens (tertiary/aromatic N) is 2. The zero-order chi connectivity index (χ0) is 11.1. The van der Waals surface area contributed by atoms with Gasteiger partial charge in [0.25, 0.3) is 0 Å². The summed E-state index contributed by atoms with van der Waals surface area (Å²) in [6.45, 7) is 1.92. The Balaban J connectivity index is 2.04. The van der Waals surface area contributed by atoms with Crippen molar-refractivity contribution in [2.24, 2.45) is 5.16 Å². The fourth-order valence-corrected chi connectivity index (χ4v) is 1.82. The zero-order valence-electron chi connectivity index (χ0n) is 9.78. The molecule has 4 nitrogen and oxygen atoms in total. The lowest BCUT2D eigenvalue weighted by Gasteiger charge is -2.23. The van der Waals surface area contributed by atoms with Gasteiger partial charge in [0.2, 0.25) is 0 Å². The van der Waals surface area contributed by atoms with Crippen molar-refractivity contribution in [2.75, 3.05) is 27.2 Å². The smallest absolute Gasteiger partial charge is 0.0582 e. The number of rotatable bonds is 5. The molecule has 1 aliphatic rings. The summed E-state index contributed by atoms with van der Waals surface area (Å²) in [4.78, 5) is 2.17. The van der Waals surface area contributed by atoms with Crippen LogP contribution in [0.25, 0.3) is 0 Å². The van der Waals surface area contributed by atoms with Gasteiger partial charge >= 0.3 is 0 Å². The lowest BCUT2D eigenvalue weighted by Crippen LogP contribution is -2.23. The maximum atomic E-state index is 8.59. The van der Waals surface area contributed by atoms with Gasteiger partial charge in [-0.25, -0.2) is 0 Å². The van der Waals surface area contributed by atoms with Crippen molar-refractivity contribution in [1.29, 1.82) is 0 Å². The summed E-state index contributed by atoms with van der Waals surface area (Å²) in [5.74, 6) is 0. The highest BCUT2D eigenvalue weighted by Gasteiger charge is 2.17. The Labute approximate surface area is 91.9 Å². The average molecular weight is 214 g/mol. The summed E-state index contributed by atoms with van der Waals surface area (Å²) < 4.78 is 5.76. The van der Waals surface area contributed by atoms with E-state index in [0.717, 1.165) is 51.0 Å². The summed E-state index contributed by atoms with van der Waals surface area (Å²) in [5.41, 5.74) is 0.920. The largest absolute Gasteiger partial charge is 0.411 e. The lowest BCUT2D eigenvalue weighted by molar-refractivity contribution is 0.0359. The van der Waals surface area contributed by atoms with Crippen LogP contribution in [0.15, 0.2) is 5.16 Å². The molecule has 4 heteroatoms. The minimum absolute atomic E-state index is 0.373. The quantitative estimate of drug-likeness (QED) is 0.430. The van der Waals surface area contributed by atoms with Gasteiger partial charge in [-0.05, 0) is 52.7 Å². The second-order valence-electron chi connectivity index (χ2n) is 4.39. The van der Waals surface area contributed by atoms with Gasteiger partial charge in [-0.1, -0.05) is 5.16 Å². The van der Waals surface area contributed by atoms with Crippen molar-refractivity contribution in [3.63, 3.8) is 0 Å². The van der Waals surface area contributed by atoms with E-state index in [9.17, 15) is 0 Å². The second kappa shape index (κ2) is 6.80. The fourth-order valence-electron chi connectivity index (χ4n) is 1.82. The molecule has 0 aromatic heterocycles. The molecular formula is C11H22N2O2. The van der Waals surface area contributed by atoms with Crippen LogP contribution in [0.1, 0.15) is 32.1 Å². The molecule has 15 heavy (non-hydrogen) atoms. The van der Waals surface area contributed by atoms with Crippen molar-refractivity contribution in [2.45, 2.75) is 38.2 Å². The van der Waals surface area contributed by atoms with Gasteiger partial charge < -0.3 is 14.8 Å².